The summed E-state index contributed by atoms with van der Waals surface area (Å²) >= 11 is 1.51. The zero-order valence-corrected chi connectivity index (χ0v) is 16.6. The van der Waals surface area contributed by atoms with E-state index in [0.29, 0.717) is 31.9 Å². The lowest BCUT2D eigenvalue weighted by Gasteiger charge is -2.27. The highest BCUT2D eigenvalue weighted by atomic mass is 32.2. The van der Waals surface area contributed by atoms with Crippen molar-refractivity contribution in [3.8, 4) is 0 Å². The molecule has 0 radical (unpaired) electrons. The van der Waals surface area contributed by atoms with Crippen LogP contribution >= 0.6 is 11.3 Å². The first-order chi connectivity index (χ1) is 13.0. The first kappa shape index (κ1) is 19.7. The Morgan fingerprint density at radius 2 is 2.07 bits per heavy atom. The van der Waals surface area contributed by atoms with E-state index in [0.717, 1.165) is 10.7 Å². The minimum Gasteiger partial charge on any atom is -0.379 e. The lowest BCUT2D eigenvalue weighted by molar-refractivity contribution is -0.116. The summed E-state index contributed by atoms with van der Waals surface area (Å²) in [7, 11) is -3.62. The van der Waals surface area contributed by atoms with Gasteiger partial charge in [0.25, 0.3) is 0 Å². The molecule has 0 saturated carbocycles. The van der Waals surface area contributed by atoms with E-state index >= 15 is 0 Å². The molecule has 0 bridgehead atoms. The molecule has 1 aromatic heterocycles. The molecule has 1 saturated heterocycles. The van der Waals surface area contributed by atoms with Gasteiger partial charge in [0, 0.05) is 31.1 Å². The maximum Gasteiger partial charge on any atom is 0.244 e. The smallest absolute Gasteiger partial charge is 0.244 e. The van der Waals surface area contributed by atoms with Crippen LogP contribution in [0, 0.1) is 6.92 Å². The van der Waals surface area contributed by atoms with E-state index < -0.39 is 10.0 Å². The number of carbonyl (C=O) groups excluding carboxylic acids is 1. The predicted octanol–water partition coefficient (Wildman–Crippen LogP) is 1.80. The number of hydrogen-bond acceptors (Lipinski definition) is 6. The maximum atomic E-state index is 12.9. The highest BCUT2D eigenvalue weighted by Crippen LogP contribution is 2.21. The zero-order valence-electron chi connectivity index (χ0n) is 14.9. The molecule has 1 fully saturated rings. The second kappa shape index (κ2) is 8.75. The fourth-order valence-corrected chi connectivity index (χ4v) is 4.90. The number of benzene rings is 1. The van der Waals surface area contributed by atoms with Gasteiger partial charge in [-0.2, -0.15) is 4.31 Å². The Kier molecular flexibility index (Phi) is 6.38. The predicted molar refractivity (Wildman–Crippen MR) is 104 cm³/mol. The van der Waals surface area contributed by atoms with E-state index in [2.05, 4.69) is 10.3 Å². The summed E-state index contributed by atoms with van der Waals surface area (Å²) in [6.45, 7) is 3.46. The van der Waals surface area contributed by atoms with Crippen molar-refractivity contribution >= 4 is 33.3 Å². The molecule has 27 heavy (non-hydrogen) atoms. The van der Waals surface area contributed by atoms with Gasteiger partial charge in [0.2, 0.25) is 15.9 Å². The van der Waals surface area contributed by atoms with Crippen LogP contribution in [0.3, 0.4) is 0 Å². The molecule has 2 aromatic rings. The van der Waals surface area contributed by atoms with Gasteiger partial charge in [0.1, 0.15) is 0 Å². The molecule has 1 aliphatic rings. The number of thiazole rings is 1. The van der Waals surface area contributed by atoms with E-state index in [9.17, 15) is 13.2 Å². The van der Waals surface area contributed by atoms with Gasteiger partial charge in [0.15, 0.2) is 0 Å². The van der Waals surface area contributed by atoms with E-state index in [1.54, 1.807) is 30.3 Å². The van der Waals surface area contributed by atoms with E-state index in [1.165, 1.54) is 21.7 Å². The van der Waals surface area contributed by atoms with Gasteiger partial charge in [-0.25, -0.2) is 13.4 Å². The molecule has 3 rings (SSSR count). The summed E-state index contributed by atoms with van der Waals surface area (Å²) in [5.41, 5.74) is 1.28. The number of amides is 1. The van der Waals surface area contributed by atoms with Crippen molar-refractivity contribution in [2.75, 3.05) is 26.3 Å². The van der Waals surface area contributed by atoms with Gasteiger partial charge in [-0.05, 0) is 24.6 Å². The van der Waals surface area contributed by atoms with Crippen LogP contribution in [-0.4, -0.2) is 49.9 Å². The SMILES string of the molecule is Cc1nc(C=CC(=O)NCc2ccccc2S(=O)(=O)N2CCOCC2)cs1. The number of hydrogen-bond donors (Lipinski definition) is 1. The van der Waals surface area contributed by atoms with Crippen LogP contribution in [0.2, 0.25) is 0 Å². The summed E-state index contributed by atoms with van der Waals surface area (Å²) in [6, 6.07) is 6.72. The molecule has 0 atom stereocenters. The highest BCUT2D eigenvalue weighted by molar-refractivity contribution is 7.89. The first-order valence-electron chi connectivity index (χ1n) is 8.50. The normalized spacial score (nSPS) is 15.9. The number of nitrogens with zero attached hydrogens (tertiary/aromatic N) is 2. The lowest BCUT2D eigenvalue weighted by atomic mass is 10.2. The van der Waals surface area contributed by atoms with Crippen LogP contribution in [0.25, 0.3) is 6.08 Å². The van der Waals surface area contributed by atoms with Gasteiger partial charge in [-0.1, -0.05) is 18.2 Å². The highest BCUT2D eigenvalue weighted by Gasteiger charge is 2.28. The molecule has 9 heteroatoms. The van der Waals surface area contributed by atoms with Gasteiger partial charge < -0.3 is 10.1 Å². The fraction of sp³-hybridized carbons (Fsp3) is 0.333. The Morgan fingerprint density at radius 3 is 2.78 bits per heavy atom. The van der Waals surface area contributed by atoms with Crippen LogP contribution in [0.5, 0.6) is 0 Å². The Bertz CT molecular complexity index is 932. The van der Waals surface area contributed by atoms with Crippen LogP contribution in [0.4, 0.5) is 0 Å². The molecule has 7 nitrogen and oxygen atoms in total. The second-order valence-corrected chi connectivity index (χ2v) is 8.94. The van der Waals surface area contributed by atoms with Crippen molar-refractivity contribution in [1.29, 1.82) is 0 Å². The Labute approximate surface area is 162 Å². The van der Waals surface area contributed by atoms with E-state index in [4.69, 9.17) is 4.74 Å². The van der Waals surface area contributed by atoms with Crippen LogP contribution in [0.1, 0.15) is 16.3 Å². The largest absolute Gasteiger partial charge is 0.379 e. The van der Waals surface area contributed by atoms with E-state index in [1.807, 2.05) is 12.3 Å². The number of carbonyl (C=O) groups is 1. The number of nitrogens with one attached hydrogen (secondary N) is 1. The summed E-state index contributed by atoms with van der Waals surface area (Å²) in [5, 5.41) is 5.53. The molecular formula is C18H21N3O4S2. The van der Waals surface area contributed by atoms with E-state index in [-0.39, 0.29) is 17.3 Å². The molecule has 0 aliphatic carbocycles. The van der Waals surface area contributed by atoms with Crippen molar-refractivity contribution < 1.29 is 17.9 Å². The van der Waals surface area contributed by atoms with Crippen LogP contribution in [0.15, 0.2) is 40.6 Å². The third kappa shape index (κ3) is 5.01. The number of rotatable bonds is 6. The topological polar surface area (TPSA) is 88.6 Å². The summed E-state index contributed by atoms with van der Waals surface area (Å²) < 4.78 is 32.5. The first-order valence-corrected chi connectivity index (χ1v) is 10.8. The van der Waals surface area contributed by atoms with Gasteiger partial charge in [0.05, 0.1) is 28.8 Å². The van der Waals surface area contributed by atoms with Gasteiger partial charge in [-0.3, -0.25) is 4.79 Å². The minimum atomic E-state index is -3.62. The Balaban J connectivity index is 1.69. The van der Waals surface area contributed by atoms with Crippen molar-refractivity contribution in [3.05, 3.63) is 52.0 Å². The molecule has 2 heterocycles. The average molecular weight is 408 g/mol. The minimum absolute atomic E-state index is 0.124. The van der Waals surface area contributed by atoms with Crippen molar-refractivity contribution in [1.82, 2.24) is 14.6 Å². The number of sulfonamides is 1. The summed E-state index contributed by atoms with van der Waals surface area (Å²) in [6.07, 6.45) is 3.03. The van der Waals surface area contributed by atoms with Crippen molar-refractivity contribution in [2.24, 2.45) is 0 Å². The number of ether oxygens (including phenoxy) is 1. The molecule has 144 valence electrons. The zero-order chi connectivity index (χ0) is 19.3. The quantitative estimate of drug-likeness (QED) is 0.738. The second-order valence-electron chi connectivity index (χ2n) is 5.97. The van der Waals surface area contributed by atoms with Crippen molar-refractivity contribution in [2.45, 2.75) is 18.4 Å². The summed E-state index contributed by atoms with van der Waals surface area (Å²) in [5.74, 6) is -0.306. The molecule has 1 N–H and O–H groups in total. The molecule has 1 aromatic carbocycles. The molecule has 1 amide bonds. The number of aryl methyl sites for hydroxylation is 1. The number of aromatic nitrogens is 1. The van der Waals surface area contributed by atoms with Crippen LogP contribution in [-0.2, 0) is 26.1 Å². The lowest BCUT2D eigenvalue weighted by Crippen LogP contribution is -2.41. The molecule has 1 aliphatic heterocycles. The van der Waals surface area contributed by atoms with Gasteiger partial charge >= 0.3 is 0 Å². The maximum absolute atomic E-state index is 12.9. The number of morpholine rings is 1. The summed E-state index contributed by atoms with van der Waals surface area (Å²) in [4.78, 5) is 16.5. The monoisotopic (exact) mass is 407 g/mol. The molecule has 0 unspecified atom stereocenters. The van der Waals surface area contributed by atoms with Gasteiger partial charge in [-0.15, -0.1) is 11.3 Å². The third-order valence-corrected chi connectivity index (χ3v) is 6.85. The molecular weight excluding hydrogens is 386 g/mol. The standard InChI is InChI=1S/C18H21N3O4S2/c1-14-20-16(13-26-14)6-7-18(22)19-12-15-4-2-3-5-17(15)27(23,24)21-8-10-25-11-9-21/h2-7,13H,8-12H2,1H3,(H,19,22). The Hall–Kier alpha value is -2.07. The Morgan fingerprint density at radius 1 is 1.33 bits per heavy atom. The van der Waals surface area contributed by atoms with Crippen molar-refractivity contribution in [3.63, 3.8) is 0 Å². The average Bonchev–Trinajstić information content (AvgIpc) is 3.11. The van der Waals surface area contributed by atoms with Crippen LogP contribution < -0.4 is 5.32 Å². The molecule has 0 spiro atoms. The third-order valence-electron chi connectivity index (χ3n) is 4.06. The fourth-order valence-electron chi connectivity index (χ4n) is 2.69.